The third-order valence-electron chi connectivity index (χ3n) is 12.5. The van der Waals surface area contributed by atoms with Gasteiger partial charge in [-0.05, 0) is 132 Å². The zero-order valence-electron chi connectivity index (χ0n) is 41.6. The number of rotatable bonds is 12. The highest BCUT2D eigenvalue weighted by molar-refractivity contribution is 5.77. The van der Waals surface area contributed by atoms with Crippen LogP contribution in [0.3, 0.4) is 0 Å². The van der Waals surface area contributed by atoms with Crippen molar-refractivity contribution in [3.05, 3.63) is 162 Å². The molecule has 2 saturated heterocycles. The molecular formula is C56H59F2N11O4. The highest BCUT2D eigenvalue weighted by Gasteiger charge is 2.30. The number of piperidine rings is 1. The van der Waals surface area contributed by atoms with Gasteiger partial charge in [-0.25, -0.2) is 38.5 Å². The van der Waals surface area contributed by atoms with Crippen LogP contribution < -0.4 is 20.9 Å². The SMILES string of the molecule is C[C@H](Nc1nccc(-c2oc(C3CCNCC3)nc2-c2ccc(F)cc2)n1)c1ccccc1.C[C@H](Nc1nccc(-c2oc(N3CCN(C(=O)OC(C)(C)C)CC3)nc2-c2ccc(F)cc2)n1)c1ccccc1. The van der Waals surface area contributed by atoms with Crippen LogP contribution >= 0.6 is 0 Å². The van der Waals surface area contributed by atoms with Gasteiger partial charge in [0.15, 0.2) is 17.4 Å². The number of oxazole rings is 2. The number of nitrogens with zero attached hydrogens (tertiary/aromatic N) is 8. The number of hydrogen-bond donors (Lipinski definition) is 3. The Labute approximate surface area is 423 Å². The summed E-state index contributed by atoms with van der Waals surface area (Å²) in [5.41, 5.74) is 5.59. The Morgan fingerprint density at radius 2 is 1.12 bits per heavy atom. The molecule has 17 heteroatoms. The van der Waals surface area contributed by atoms with E-state index in [0.717, 1.165) is 42.6 Å². The van der Waals surface area contributed by atoms with Crippen LogP contribution in [0.2, 0.25) is 0 Å². The standard InChI is InChI=1S/C30H33FN6O3.C26H26FN5O/c1-20(21-8-6-5-7-9-21)33-27-32-15-14-24(34-27)26-25(22-10-12-23(31)13-11-22)35-28(39-26)36-16-18-37(19-17-36)29(38)40-30(2,3)4;1-17(18-5-3-2-4-6-18)30-26-29-16-13-22(31-26)24-23(19-7-9-21(27)10-8-19)32-25(33-24)20-11-14-28-15-12-20/h5-15,20H,16-19H2,1-4H3,(H,32,33,34);2-10,13,16-17,20,28H,11-12,14-15H2,1H3,(H,29,30,31)/t20-;17-/m00/s1. The minimum Gasteiger partial charge on any atom is -0.444 e. The fourth-order valence-electron chi connectivity index (χ4n) is 8.53. The quantitative estimate of drug-likeness (QED) is 0.106. The van der Waals surface area contributed by atoms with Crippen LogP contribution in [0.4, 0.5) is 31.5 Å². The van der Waals surface area contributed by atoms with Crippen molar-refractivity contribution in [1.82, 2.24) is 40.1 Å². The van der Waals surface area contributed by atoms with Crippen LogP contribution in [0.5, 0.6) is 0 Å². The van der Waals surface area contributed by atoms with E-state index < -0.39 is 5.60 Å². The van der Waals surface area contributed by atoms with Crippen molar-refractivity contribution < 1.29 is 27.1 Å². The zero-order chi connectivity index (χ0) is 50.9. The van der Waals surface area contributed by atoms with Crippen LogP contribution in [0.15, 0.2) is 143 Å². The zero-order valence-corrected chi connectivity index (χ0v) is 41.6. The Bertz CT molecular complexity index is 3060. The lowest BCUT2D eigenvalue weighted by Gasteiger charge is -2.34. The molecule has 4 aromatic heterocycles. The Hall–Kier alpha value is -8.05. The summed E-state index contributed by atoms with van der Waals surface area (Å²) in [6.45, 7) is 13.5. The van der Waals surface area contributed by atoms with Crippen molar-refractivity contribution in [2.75, 3.05) is 54.8 Å². The number of anilines is 3. The predicted molar refractivity (Wildman–Crippen MR) is 278 cm³/mol. The van der Waals surface area contributed by atoms with Gasteiger partial charge in [0.25, 0.3) is 6.01 Å². The van der Waals surface area contributed by atoms with E-state index in [2.05, 4.69) is 45.0 Å². The van der Waals surface area contributed by atoms with Crippen molar-refractivity contribution in [1.29, 1.82) is 0 Å². The number of benzene rings is 4. The molecule has 0 saturated carbocycles. The Morgan fingerprint density at radius 3 is 1.62 bits per heavy atom. The number of halogens is 2. The first-order valence-corrected chi connectivity index (χ1v) is 24.6. The minimum absolute atomic E-state index is 0.0143. The normalized spacial score (nSPS) is 14.9. The molecule has 0 radical (unpaired) electrons. The van der Waals surface area contributed by atoms with Gasteiger partial charge in [0.05, 0.1) is 12.1 Å². The highest BCUT2D eigenvalue weighted by Crippen LogP contribution is 2.38. The molecular weight excluding hydrogens is 929 g/mol. The first-order valence-electron chi connectivity index (χ1n) is 24.6. The number of nitrogens with one attached hydrogen (secondary N) is 3. The molecule has 73 heavy (non-hydrogen) atoms. The summed E-state index contributed by atoms with van der Waals surface area (Å²) in [4.78, 5) is 44.1. The summed E-state index contributed by atoms with van der Waals surface area (Å²) < 4.78 is 45.4. The molecule has 376 valence electrons. The third-order valence-corrected chi connectivity index (χ3v) is 12.5. The van der Waals surface area contributed by atoms with Gasteiger partial charge in [-0.3, -0.25) is 0 Å². The average Bonchev–Trinajstić information content (AvgIpc) is 4.07. The maximum Gasteiger partial charge on any atom is 0.410 e. The maximum absolute atomic E-state index is 13.7. The van der Waals surface area contributed by atoms with E-state index in [-0.39, 0.29) is 35.7 Å². The number of ether oxygens (including phenoxy) is 1. The predicted octanol–water partition coefficient (Wildman–Crippen LogP) is 11.7. The van der Waals surface area contributed by atoms with Crippen molar-refractivity contribution in [2.45, 2.75) is 71.1 Å². The van der Waals surface area contributed by atoms with Gasteiger partial charge in [0.1, 0.15) is 40.0 Å². The highest BCUT2D eigenvalue weighted by atomic mass is 19.1. The van der Waals surface area contributed by atoms with Gasteiger partial charge < -0.3 is 39.3 Å². The fraction of sp³-hybridized carbons (Fsp3) is 0.304. The van der Waals surface area contributed by atoms with E-state index >= 15 is 0 Å². The molecule has 2 fully saturated rings. The summed E-state index contributed by atoms with van der Waals surface area (Å²) in [7, 11) is 0. The molecule has 3 N–H and O–H groups in total. The molecule has 0 bridgehead atoms. The third kappa shape index (κ3) is 12.7. The van der Waals surface area contributed by atoms with Gasteiger partial charge in [0.2, 0.25) is 11.9 Å². The molecule has 2 atom stereocenters. The van der Waals surface area contributed by atoms with Crippen molar-refractivity contribution >= 4 is 24.0 Å². The Morgan fingerprint density at radius 1 is 0.644 bits per heavy atom. The van der Waals surface area contributed by atoms with E-state index in [9.17, 15) is 13.6 Å². The lowest BCUT2D eigenvalue weighted by Crippen LogP contribution is -2.50. The topological polar surface area (TPSA) is 172 Å². The molecule has 2 aliphatic heterocycles. The minimum atomic E-state index is -0.556. The molecule has 10 rings (SSSR count). The van der Waals surface area contributed by atoms with Crippen molar-refractivity contribution in [3.63, 3.8) is 0 Å². The summed E-state index contributed by atoms with van der Waals surface area (Å²) in [5.74, 6) is 2.31. The second kappa shape index (κ2) is 22.6. The van der Waals surface area contributed by atoms with E-state index in [1.54, 1.807) is 47.6 Å². The van der Waals surface area contributed by atoms with E-state index in [4.69, 9.17) is 33.5 Å². The molecule has 15 nitrogen and oxygen atoms in total. The fourth-order valence-corrected chi connectivity index (χ4v) is 8.53. The Kier molecular flexibility index (Phi) is 15.4. The molecule has 0 aliphatic carbocycles. The average molecular weight is 988 g/mol. The second-order valence-electron chi connectivity index (χ2n) is 19.0. The summed E-state index contributed by atoms with van der Waals surface area (Å²) in [6.07, 6.45) is 4.97. The van der Waals surface area contributed by atoms with E-state index in [1.165, 1.54) is 24.3 Å². The number of amides is 1. The first kappa shape index (κ1) is 49.9. The molecule has 8 aromatic rings. The Balaban J connectivity index is 0.000000183. The van der Waals surface area contributed by atoms with Gasteiger partial charge in [0, 0.05) is 55.6 Å². The summed E-state index contributed by atoms with van der Waals surface area (Å²) in [5, 5.41) is 10.1. The maximum atomic E-state index is 13.7. The number of hydrogen-bond acceptors (Lipinski definition) is 14. The molecule has 4 aromatic carbocycles. The van der Waals surface area contributed by atoms with Crippen molar-refractivity contribution in [3.8, 4) is 45.4 Å². The lowest BCUT2D eigenvalue weighted by atomic mass is 9.98. The van der Waals surface area contributed by atoms with Gasteiger partial charge in [-0.15, -0.1) is 0 Å². The number of carbonyl (C=O) groups is 1. The van der Waals surface area contributed by atoms with Crippen LogP contribution in [0.1, 0.15) is 82.5 Å². The van der Waals surface area contributed by atoms with Crippen LogP contribution in [0, 0.1) is 11.6 Å². The van der Waals surface area contributed by atoms with Crippen LogP contribution in [0.25, 0.3) is 45.4 Å². The molecule has 6 heterocycles. The first-order chi connectivity index (χ1) is 35.3. The smallest absolute Gasteiger partial charge is 0.410 e. The van der Waals surface area contributed by atoms with Gasteiger partial charge >= 0.3 is 6.09 Å². The number of carbonyl (C=O) groups excluding carboxylic acids is 1. The molecule has 2 aliphatic rings. The van der Waals surface area contributed by atoms with E-state index in [1.807, 2.05) is 87.2 Å². The van der Waals surface area contributed by atoms with Gasteiger partial charge in [-0.2, -0.15) is 4.98 Å². The van der Waals surface area contributed by atoms with Crippen LogP contribution in [-0.4, -0.2) is 85.8 Å². The largest absolute Gasteiger partial charge is 0.444 e. The van der Waals surface area contributed by atoms with Crippen molar-refractivity contribution in [2.24, 2.45) is 0 Å². The molecule has 0 unspecified atom stereocenters. The number of piperazine rings is 1. The monoisotopic (exact) mass is 987 g/mol. The summed E-state index contributed by atoms with van der Waals surface area (Å²) >= 11 is 0. The number of aromatic nitrogens is 6. The van der Waals surface area contributed by atoms with Gasteiger partial charge in [-0.1, -0.05) is 60.7 Å². The molecule has 1 amide bonds. The summed E-state index contributed by atoms with van der Waals surface area (Å²) in [6, 6.07) is 36.6. The van der Waals surface area contributed by atoms with E-state index in [0.29, 0.717) is 89.8 Å². The van der Waals surface area contributed by atoms with Crippen LogP contribution in [-0.2, 0) is 4.74 Å². The second-order valence-corrected chi connectivity index (χ2v) is 19.0. The lowest BCUT2D eigenvalue weighted by molar-refractivity contribution is 0.0239. The molecule has 0 spiro atoms.